The van der Waals surface area contributed by atoms with Gasteiger partial charge in [0.1, 0.15) is 6.17 Å². The van der Waals surface area contributed by atoms with E-state index in [1.165, 1.54) is 0 Å². The molecule has 0 aromatic heterocycles. The molecule has 10 heteroatoms. The first kappa shape index (κ1) is 26.3. The molecule has 0 heterocycles. The molecule has 0 saturated heterocycles. The predicted molar refractivity (Wildman–Crippen MR) is 138 cm³/mol. The molecule has 32 heavy (non-hydrogen) atoms. The Morgan fingerprint density at radius 3 is 2.19 bits per heavy atom. The number of carbonyl (C=O) groups is 1. The molecular weight excluding hydrogens is 489 g/mol. The van der Waals surface area contributed by atoms with Crippen LogP contribution in [-0.2, 0) is 4.79 Å². The summed E-state index contributed by atoms with van der Waals surface area (Å²) in [7, 11) is 0. The molecule has 2 aromatic carbocycles. The largest absolute Gasteiger partial charge is 0.339 e. The van der Waals surface area contributed by atoms with E-state index in [-0.39, 0.29) is 11.0 Å². The average molecular weight is 515 g/mol. The molecule has 3 N–H and O–H groups in total. The molecular formula is C22H26Cl3N5OS. The highest BCUT2D eigenvalue weighted by atomic mass is 35.6. The van der Waals surface area contributed by atoms with Gasteiger partial charge in [-0.05, 0) is 61.5 Å². The fraction of sp³-hybridized carbons (Fsp3) is 0.364. The molecule has 6 nitrogen and oxygen atoms in total. The summed E-state index contributed by atoms with van der Waals surface area (Å²) in [6, 6.07) is 13.3. The number of nitrogens with one attached hydrogen (secondary N) is 3. The number of amides is 1. The Kier molecular flexibility index (Phi) is 8.88. The lowest BCUT2D eigenvalue weighted by molar-refractivity contribution is -0.129. The van der Waals surface area contributed by atoms with Crippen LogP contribution in [-0.4, -0.2) is 21.0 Å². The van der Waals surface area contributed by atoms with Gasteiger partial charge < -0.3 is 16.0 Å². The summed E-state index contributed by atoms with van der Waals surface area (Å²) in [6.45, 7) is 9.17. The first-order valence-corrected chi connectivity index (χ1v) is 11.3. The molecule has 0 fully saturated rings. The van der Waals surface area contributed by atoms with Gasteiger partial charge in [-0.3, -0.25) is 4.79 Å². The van der Waals surface area contributed by atoms with Crippen molar-refractivity contribution in [1.82, 2.24) is 10.6 Å². The molecule has 1 atom stereocenters. The maximum absolute atomic E-state index is 12.3. The number of hydrogen-bond acceptors (Lipinski definition) is 4. The van der Waals surface area contributed by atoms with Crippen LogP contribution in [0, 0.1) is 19.3 Å². The zero-order valence-electron chi connectivity index (χ0n) is 18.5. The molecule has 0 aliphatic carbocycles. The summed E-state index contributed by atoms with van der Waals surface area (Å²) in [6.07, 6.45) is -1.03. The van der Waals surface area contributed by atoms with Crippen molar-refractivity contribution in [3.63, 3.8) is 0 Å². The van der Waals surface area contributed by atoms with Crippen LogP contribution in [0.2, 0.25) is 0 Å². The number of hydrogen-bond donors (Lipinski definition) is 3. The van der Waals surface area contributed by atoms with Gasteiger partial charge in [0.05, 0.1) is 11.4 Å². The van der Waals surface area contributed by atoms with Crippen LogP contribution < -0.4 is 16.0 Å². The van der Waals surface area contributed by atoms with Crippen LogP contribution in [0.4, 0.5) is 17.1 Å². The van der Waals surface area contributed by atoms with E-state index in [1.807, 2.05) is 56.3 Å². The third kappa shape index (κ3) is 7.89. The van der Waals surface area contributed by atoms with E-state index in [0.29, 0.717) is 5.69 Å². The molecule has 0 saturated carbocycles. The van der Waals surface area contributed by atoms with Crippen molar-refractivity contribution in [2.75, 3.05) is 5.32 Å². The highest BCUT2D eigenvalue weighted by molar-refractivity contribution is 7.80. The van der Waals surface area contributed by atoms with Gasteiger partial charge in [0.15, 0.2) is 5.11 Å². The number of aryl methyl sites for hydroxylation is 2. The first-order chi connectivity index (χ1) is 14.8. The summed E-state index contributed by atoms with van der Waals surface area (Å²) in [5, 5.41) is 17.4. The van der Waals surface area contributed by atoms with Crippen molar-refractivity contribution in [2.24, 2.45) is 15.6 Å². The normalized spacial score (nSPS) is 13.0. The molecule has 0 bridgehead atoms. The van der Waals surface area contributed by atoms with Crippen molar-refractivity contribution >= 4 is 75.1 Å². The second-order valence-corrected chi connectivity index (χ2v) is 11.1. The molecule has 2 aromatic rings. The van der Waals surface area contributed by atoms with Gasteiger partial charge in [-0.15, -0.1) is 0 Å². The van der Waals surface area contributed by atoms with Crippen LogP contribution in [0.25, 0.3) is 0 Å². The topological polar surface area (TPSA) is 77.9 Å². The Morgan fingerprint density at radius 2 is 1.62 bits per heavy atom. The summed E-state index contributed by atoms with van der Waals surface area (Å²) >= 11 is 23.5. The maximum Gasteiger partial charge on any atom is 0.228 e. The van der Waals surface area contributed by atoms with Crippen LogP contribution in [0.3, 0.4) is 0 Å². The minimum absolute atomic E-state index is 0.188. The Bertz CT molecular complexity index is 1020. The Hall–Kier alpha value is -1.93. The van der Waals surface area contributed by atoms with Crippen molar-refractivity contribution in [3.8, 4) is 0 Å². The number of benzene rings is 2. The standard InChI is InChI=1S/C22H26Cl3N5OS/c1-13-8-6-7-9-17(13)30-29-15-10-11-16(14(2)12-15)26-20(32)28-18(22(23,24)25)27-19(31)21(3,4)5/h6-12,18H,1-5H3,(H,27,31)(H2,26,28,32)/t18-/m1/s1. The minimum atomic E-state index is -1.82. The molecule has 0 radical (unpaired) electrons. The summed E-state index contributed by atoms with van der Waals surface area (Å²) in [5.74, 6) is -0.288. The van der Waals surface area contributed by atoms with E-state index >= 15 is 0 Å². The van der Waals surface area contributed by atoms with Gasteiger partial charge in [-0.1, -0.05) is 73.8 Å². The van der Waals surface area contributed by atoms with E-state index in [4.69, 9.17) is 47.0 Å². The van der Waals surface area contributed by atoms with Crippen LogP contribution >= 0.6 is 47.0 Å². The van der Waals surface area contributed by atoms with E-state index in [2.05, 4.69) is 26.2 Å². The highest BCUT2D eigenvalue weighted by Crippen LogP contribution is 2.30. The lowest BCUT2D eigenvalue weighted by atomic mass is 9.95. The van der Waals surface area contributed by atoms with Gasteiger partial charge in [0.2, 0.25) is 9.70 Å². The van der Waals surface area contributed by atoms with Crippen molar-refractivity contribution < 1.29 is 4.79 Å². The number of rotatable bonds is 5. The molecule has 1 amide bonds. The van der Waals surface area contributed by atoms with Crippen molar-refractivity contribution in [2.45, 2.75) is 44.6 Å². The number of azo groups is 1. The molecule has 0 spiro atoms. The Balaban J connectivity index is 2.08. The molecule has 0 aliphatic heterocycles. The van der Waals surface area contributed by atoms with Gasteiger partial charge >= 0.3 is 0 Å². The van der Waals surface area contributed by atoms with Gasteiger partial charge in [0.25, 0.3) is 0 Å². The zero-order chi connectivity index (χ0) is 24.1. The predicted octanol–water partition coefficient (Wildman–Crippen LogP) is 6.86. The third-order valence-electron chi connectivity index (χ3n) is 4.41. The van der Waals surface area contributed by atoms with Gasteiger partial charge in [-0.2, -0.15) is 10.2 Å². The van der Waals surface area contributed by atoms with E-state index in [9.17, 15) is 4.79 Å². The summed E-state index contributed by atoms with van der Waals surface area (Å²) in [5.41, 5.74) is 3.52. The number of thiocarbonyl (C=S) groups is 1. The number of carbonyl (C=O) groups excluding carboxylic acids is 1. The third-order valence-corrected chi connectivity index (χ3v) is 5.28. The lowest BCUT2D eigenvalue weighted by Crippen LogP contribution is -2.58. The first-order valence-electron chi connectivity index (χ1n) is 9.80. The molecule has 0 unspecified atom stereocenters. The lowest BCUT2D eigenvalue weighted by Gasteiger charge is -2.30. The summed E-state index contributed by atoms with van der Waals surface area (Å²) in [4.78, 5) is 12.3. The van der Waals surface area contributed by atoms with Crippen molar-refractivity contribution in [1.29, 1.82) is 0 Å². The monoisotopic (exact) mass is 513 g/mol. The quantitative estimate of drug-likeness (QED) is 0.176. The Labute approximate surface area is 209 Å². The number of anilines is 1. The smallest absolute Gasteiger partial charge is 0.228 e. The minimum Gasteiger partial charge on any atom is -0.339 e. The van der Waals surface area contributed by atoms with Crippen LogP contribution in [0.1, 0.15) is 31.9 Å². The molecule has 2 rings (SSSR count). The number of halogens is 3. The van der Waals surface area contributed by atoms with E-state index in [0.717, 1.165) is 22.5 Å². The van der Waals surface area contributed by atoms with Gasteiger partial charge in [-0.25, -0.2) is 0 Å². The van der Waals surface area contributed by atoms with E-state index in [1.54, 1.807) is 20.8 Å². The second kappa shape index (κ2) is 10.8. The summed E-state index contributed by atoms with van der Waals surface area (Å²) < 4.78 is -1.82. The highest BCUT2D eigenvalue weighted by Gasteiger charge is 2.36. The SMILES string of the molecule is Cc1ccccc1N=Nc1ccc(NC(=S)N[C@@H](NC(=O)C(C)(C)C)C(Cl)(Cl)Cl)c(C)c1. The molecule has 0 aliphatic rings. The van der Waals surface area contributed by atoms with Crippen LogP contribution in [0.5, 0.6) is 0 Å². The maximum atomic E-state index is 12.3. The van der Waals surface area contributed by atoms with Gasteiger partial charge in [0, 0.05) is 11.1 Å². The van der Waals surface area contributed by atoms with E-state index < -0.39 is 15.4 Å². The average Bonchev–Trinajstić information content (AvgIpc) is 2.67. The van der Waals surface area contributed by atoms with Crippen molar-refractivity contribution in [3.05, 3.63) is 53.6 Å². The fourth-order valence-corrected chi connectivity index (χ4v) is 3.03. The zero-order valence-corrected chi connectivity index (χ0v) is 21.5. The number of nitrogens with zero attached hydrogens (tertiary/aromatic N) is 2. The fourth-order valence-electron chi connectivity index (χ4n) is 2.47. The second-order valence-electron chi connectivity index (χ2n) is 8.28. The molecule has 172 valence electrons. The number of alkyl halides is 3. The van der Waals surface area contributed by atoms with Crippen LogP contribution in [0.15, 0.2) is 52.7 Å². The Morgan fingerprint density at radius 1 is 0.969 bits per heavy atom.